The summed E-state index contributed by atoms with van der Waals surface area (Å²) >= 11 is 3.60. The van der Waals surface area contributed by atoms with Gasteiger partial charge in [-0.3, -0.25) is 4.79 Å². The summed E-state index contributed by atoms with van der Waals surface area (Å²) in [6, 6.07) is 8.63. The van der Waals surface area contributed by atoms with Gasteiger partial charge in [0, 0.05) is 24.2 Å². The molecule has 1 aromatic rings. The van der Waals surface area contributed by atoms with E-state index >= 15 is 0 Å². The molecule has 2 rings (SSSR count). The van der Waals surface area contributed by atoms with Gasteiger partial charge in [0.15, 0.2) is 0 Å². The molecular weight excluding hydrogens is 332 g/mol. The highest BCUT2D eigenvalue weighted by atomic mass is 79.9. The first-order valence-corrected chi connectivity index (χ1v) is 8.18. The standard InChI is InChI=1S/C16H23BrN2O2/c1-11(16(20)18-7-8-21-2)19-13-9-12(10-13)14-5-3-4-6-15(14)17/h3-6,11-13,19H,7-10H2,1-2H3,(H,18,20). The Hall–Kier alpha value is -0.910. The predicted octanol–water partition coefficient (Wildman–Crippen LogP) is 2.44. The fourth-order valence-corrected chi connectivity index (χ4v) is 3.28. The molecule has 0 heterocycles. The fourth-order valence-electron chi connectivity index (χ4n) is 2.67. The Morgan fingerprint density at radius 3 is 2.81 bits per heavy atom. The Kier molecular flexibility index (Phi) is 6.21. The predicted molar refractivity (Wildman–Crippen MR) is 87.4 cm³/mol. The second-order valence-electron chi connectivity index (χ2n) is 5.56. The van der Waals surface area contributed by atoms with Gasteiger partial charge in [0.05, 0.1) is 12.6 Å². The number of amides is 1. The molecule has 4 nitrogen and oxygen atoms in total. The van der Waals surface area contributed by atoms with Gasteiger partial charge < -0.3 is 15.4 Å². The summed E-state index contributed by atoms with van der Waals surface area (Å²) in [4.78, 5) is 11.9. The van der Waals surface area contributed by atoms with E-state index in [1.807, 2.05) is 13.0 Å². The smallest absolute Gasteiger partial charge is 0.236 e. The van der Waals surface area contributed by atoms with Crippen molar-refractivity contribution in [2.24, 2.45) is 0 Å². The Bertz CT molecular complexity index is 475. The molecule has 0 radical (unpaired) electrons. The summed E-state index contributed by atoms with van der Waals surface area (Å²) in [6.45, 7) is 3.02. The van der Waals surface area contributed by atoms with E-state index in [2.05, 4.69) is 44.8 Å². The molecular formula is C16H23BrN2O2. The van der Waals surface area contributed by atoms with Crippen molar-refractivity contribution < 1.29 is 9.53 Å². The van der Waals surface area contributed by atoms with E-state index in [9.17, 15) is 4.79 Å². The molecule has 0 aromatic heterocycles. The number of hydrogen-bond acceptors (Lipinski definition) is 3. The van der Waals surface area contributed by atoms with Gasteiger partial charge in [0.25, 0.3) is 0 Å². The monoisotopic (exact) mass is 354 g/mol. The number of ether oxygens (including phenoxy) is 1. The van der Waals surface area contributed by atoms with E-state index in [0.29, 0.717) is 25.1 Å². The van der Waals surface area contributed by atoms with E-state index < -0.39 is 0 Å². The molecule has 5 heteroatoms. The van der Waals surface area contributed by atoms with Crippen LogP contribution in [0, 0.1) is 0 Å². The maximum atomic E-state index is 11.9. The molecule has 0 spiro atoms. The summed E-state index contributed by atoms with van der Waals surface area (Å²) in [6.07, 6.45) is 2.16. The number of rotatable bonds is 7. The Morgan fingerprint density at radius 2 is 2.14 bits per heavy atom. The van der Waals surface area contributed by atoms with Crippen molar-refractivity contribution in [3.05, 3.63) is 34.3 Å². The van der Waals surface area contributed by atoms with Crippen molar-refractivity contribution in [3.8, 4) is 0 Å². The molecule has 1 atom stereocenters. The Morgan fingerprint density at radius 1 is 1.43 bits per heavy atom. The van der Waals surface area contributed by atoms with Crippen LogP contribution >= 0.6 is 15.9 Å². The van der Waals surface area contributed by atoms with E-state index in [1.54, 1.807) is 7.11 Å². The van der Waals surface area contributed by atoms with Crippen molar-refractivity contribution in [3.63, 3.8) is 0 Å². The SMILES string of the molecule is COCCNC(=O)C(C)NC1CC(c2ccccc2Br)C1. The van der Waals surface area contributed by atoms with E-state index in [4.69, 9.17) is 4.74 Å². The second kappa shape index (κ2) is 7.92. The summed E-state index contributed by atoms with van der Waals surface area (Å²) in [7, 11) is 1.63. The van der Waals surface area contributed by atoms with Crippen LogP contribution in [0.1, 0.15) is 31.2 Å². The molecule has 0 bridgehead atoms. The number of carbonyl (C=O) groups is 1. The van der Waals surface area contributed by atoms with Gasteiger partial charge in [0.2, 0.25) is 5.91 Å². The quantitative estimate of drug-likeness (QED) is 0.739. The zero-order valence-corrected chi connectivity index (χ0v) is 14.2. The first-order valence-electron chi connectivity index (χ1n) is 7.39. The van der Waals surface area contributed by atoms with E-state index in [1.165, 1.54) is 10.0 Å². The van der Waals surface area contributed by atoms with Crippen LogP contribution in [0.2, 0.25) is 0 Å². The lowest BCUT2D eigenvalue weighted by molar-refractivity contribution is -0.123. The maximum Gasteiger partial charge on any atom is 0.236 e. The number of nitrogens with one attached hydrogen (secondary N) is 2. The number of hydrogen-bond donors (Lipinski definition) is 2. The first-order chi connectivity index (χ1) is 10.1. The summed E-state index contributed by atoms with van der Waals surface area (Å²) < 4.78 is 6.10. The van der Waals surface area contributed by atoms with E-state index in [-0.39, 0.29) is 11.9 Å². The minimum atomic E-state index is -0.160. The minimum absolute atomic E-state index is 0.0383. The van der Waals surface area contributed by atoms with Gasteiger partial charge >= 0.3 is 0 Å². The third kappa shape index (κ3) is 4.53. The molecule has 1 aromatic carbocycles. The normalized spacial score (nSPS) is 22.4. The van der Waals surface area contributed by atoms with Crippen LogP contribution in [-0.2, 0) is 9.53 Å². The maximum absolute atomic E-state index is 11.9. The van der Waals surface area contributed by atoms with Gasteiger partial charge in [-0.2, -0.15) is 0 Å². The number of benzene rings is 1. The molecule has 1 amide bonds. The van der Waals surface area contributed by atoms with Crippen molar-refractivity contribution in [2.75, 3.05) is 20.3 Å². The highest BCUT2D eigenvalue weighted by molar-refractivity contribution is 9.10. The van der Waals surface area contributed by atoms with Crippen LogP contribution in [0.25, 0.3) is 0 Å². The van der Waals surface area contributed by atoms with Crippen molar-refractivity contribution in [1.29, 1.82) is 0 Å². The summed E-state index contributed by atoms with van der Waals surface area (Å²) in [5, 5.41) is 6.25. The molecule has 1 aliphatic carbocycles. The zero-order chi connectivity index (χ0) is 15.2. The van der Waals surface area contributed by atoms with Crippen molar-refractivity contribution in [1.82, 2.24) is 10.6 Å². The zero-order valence-electron chi connectivity index (χ0n) is 12.6. The molecule has 21 heavy (non-hydrogen) atoms. The molecule has 1 fully saturated rings. The van der Waals surface area contributed by atoms with Crippen molar-refractivity contribution in [2.45, 2.75) is 37.8 Å². The van der Waals surface area contributed by atoms with Crippen LogP contribution in [-0.4, -0.2) is 38.3 Å². The number of halogens is 1. The second-order valence-corrected chi connectivity index (χ2v) is 6.41. The van der Waals surface area contributed by atoms with Gasteiger partial charge in [-0.15, -0.1) is 0 Å². The van der Waals surface area contributed by atoms with Crippen LogP contribution in [0.5, 0.6) is 0 Å². The van der Waals surface area contributed by atoms with Gasteiger partial charge in [0.1, 0.15) is 0 Å². The fraction of sp³-hybridized carbons (Fsp3) is 0.562. The third-order valence-electron chi connectivity index (χ3n) is 3.97. The number of methoxy groups -OCH3 is 1. The lowest BCUT2D eigenvalue weighted by atomic mass is 9.75. The van der Waals surface area contributed by atoms with Gasteiger partial charge in [-0.1, -0.05) is 34.1 Å². The molecule has 1 unspecified atom stereocenters. The lowest BCUT2D eigenvalue weighted by Gasteiger charge is -2.38. The van der Waals surface area contributed by atoms with Gasteiger partial charge in [-0.05, 0) is 37.3 Å². The van der Waals surface area contributed by atoms with Crippen LogP contribution < -0.4 is 10.6 Å². The van der Waals surface area contributed by atoms with Crippen LogP contribution in [0.4, 0.5) is 0 Å². The van der Waals surface area contributed by atoms with Crippen LogP contribution in [0.3, 0.4) is 0 Å². The summed E-state index contributed by atoms with van der Waals surface area (Å²) in [5.41, 5.74) is 1.37. The Balaban J connectivity index is 1.72. The average Bonchev–Trinajstić information content (AvgIpc) is 2.43. The average molecular weight is 355 g/mol. The lowest BCUT2D eigenvalue weighted by Crippen LogP contribution is -2.51. The molecule has 0 saturated heterocycles. The van der Waals surface area contributed by atoms with E-state index in [0.717, 1.165) is 12.8 Å². The summed E-state index contributed by atoms with van der Waals surface area (Å²) in [5.74, 6) is 0.623. The number of carbonyl (C=O) groups excluding carboxylic acids is 1. The molecule has 1 aliphatic rings. The minimum Gasteiger partial charge on any atom is -0.383 e. The third-order valence-corrected chi connectivity index (χ3v) is 4.69. The topological polar surface area (TPSA) is 50.4 Å². The van der Waals surface area contributed by atoms with Crippen LogP contribution in [0.15, 0.2) is 28.7 Å². The molecule has 116 valence electrons. The molecule has 0 aliphatic heterocycles. The largest absolute Gasteiger partial charge is 0.383 e. The molecule has 2 N–H and O–H groups in total. The highest BCUT2D eigenvalue weighted by Gasteiger charge is 2.32. The van der Waals surface area contributed by atoms with Gasteiger partial charge in [-0.25, -0.2) is 0 Å². The Labute approximate surface area is 134 Å². The molecule has 1 saturated carbocycles. The van der Waals surface area contributed by atoms with Crippen molar-refractivity contribution >= 4 is 21.8 Å². The highest BCUT2D eigenvalue weighted by Crippen LogP contribution is 2.40. The first kappa shape index (κ1) is 16.5.